The average molecular weight is 562 g/mol. The van der Waals surface area contributed by atoms with Gasteiger partial charge < -0.3 is 19.9 Å². The number of fused-ring (bicyclic) bond motifs is 2. The van der Waals surface area contributed by atoms with Gasteiger partial charge in [-0.1, -0.05) is 11.8 Å². The zero-order valence-electron chi connectivity index (χ0n) is 23.6. The van der Waals surface area contributed by atoms with Crippen LogP contribution in [0.3, 0.4) is 0 Å². The van der Waals surface area contributed by atoms with E-state index in [4.69, 9.17) is 9.72 Å². The van der Waals surface area contributed by atoms with Crippen LogP contribution in [0.25, 0.3) is 22.1 Å². The number of hydrogen-bond acceptors (Lipinski definition) is 9. The first-order chi connectivity index (χ1) is 20.5. The molecule has 2 aliphatic rings. The summed E-state index contributed by atoms with van der Waals surface area (Å²) in [5.41, 5.74) is 5.00. The van der Waals surface area contributed by atoms with Crippen LogP contribution < -0.4 is 15.0 Å². The number of pyridine rings is 1. The maximum absolute atomic E-state index is 12.5. The molecule has 2 fully saturated rings. The van der Waals surface area contributed by atoms with E-state index in [9.17, 15) is 4.79 Å². The number of ether oxygens (including phenoxy) is 1. The third kappa shape index (κ3) is 4.87. The van der Waals surface area contributed by atoms with Gasteiger partial charge in [0.05, 0.1) is 17.1 Å². The highest BCUT2D eigenvalue weighted by Crippen LogP contribution is 2.38. The van der Waals surface area contributed by atoms with Crippen molar-refractivity contribution in [1.82, 2.24) is 34.8 Å². The van der Waals surface area contributed by atoms with Crippen molar-refractivity contribution in [3.63, 3.8) is 0 Å². The summed E-state index contributed by atoms with van der Waals surface area (Å²) in [4.78, 5) is 30.7. The Morgan fingerprint density at radius 3 is 2.76 bits per heavy atom. The summed E-state index contributed by atoms with van der Waals surface area (Å²) in [6, 6.07) is 15.8. The Bertz CT molecular complexity index is 1830. The van der Waals surface area contributed by atoms with Crippen molar-refractivity contribution in [2.24, 2.45) is 13.0 Å². The third-order valence-electron chi connectivity index (χ3n) is 8.08. The van der Waals surface area contributed by atoms with Crippen molar-refractivity contribution in [3.05, 3.63) is 73.1 Å². The maximum atomic E-state index is 12.5. The van der Waals surface area contributed by atoms with Gasteiger partial charge in [-0.05, 0) is 79.8 Å². The monoisotopic (exact) mass is 561 g/mol. The van der Waals surface area contributed by atoms with Gasteiger partial charge >= 0.3 is 0 Å². The van der Waals surface area contributed by atoms with Gasteiger partial charge in [0.2, 0.25) is 5.91 Å². The van der Waals surface area contributed by atoms with Gasteiger partial charge in [-0.3, -0.25) is 4.79 Å². The Labute approximate surface area is 242 Å². The number of amides is 1. The minimum atomic E-state index is 0.0104. The quantitative estimate of drug-likeness (QED) is 0.281. The topological polar surface area (TPSA) is 114 Å². The van der Waals surface area contributed by atoms with Gasteiger partial charge in [0.15, 0.2) is 5.82 Å². The molecule has 7 rings (SSSR count). The number of carbonyl (C=O) groups is 1. The highest BCUT2D eigenvalue weighted by atomic mass is 16.5. The fourth-order valence-electron chi connectivity index (χ4n) is 5.68. The minimum Gasteiger partial charge on any atom is -0.457 e. The highest BCUT2D eigenvalue weighted by Gasteiger charge is 2.40. The van der Waals surface area contributed by atoms with Gasteiger partial charge in [-0.25, -0.2) is 19.6 Å². The van der Waals surface area contributed by atoms with Crippen LogP contribution in [0.1, 0.15) is 18.4 Å². The third-order valence-corrected chi connectivity index (χ3v) is 8.08. The van der Waals surface area contributed by atoms with Crippen LogP contribution in [0.5, 0.6) is 11.5 Å². The van der Waals surface area contributed by atoms with Crippen LogP contribution in [0.15, 0.2) is 67.5 Å². The van der Waals surface area contributed by atoms with Crippen molar-refractivity contribution in [3.8, 4) is 11.5 Å². The fourth-order valence-corrected chi connectivity index (χ4v) is 5.68. The van der Waals surface area contributed by atoms with E-state index in [1.165, 1.54) is 6.08 Å². The van der Waals surface area contributed by atoms with Crippen LogP contribution in [-0.4, -0.2) is 66.4 Å². The fraction of sp³-hybridized carbons (Fsp3) is 0.290. The molecule has 0 spiro atoms. The number of rotatable bonds is 7. The summed E-state index contributed by atoms with van der Waals surface area (Å²) >= 11 is 0. The number of piperazine rings is 1. The predicted molar refractivity (Wildman–Crippen MR) is 161 cm³/mol. The summed E-state index contributed by atoms with van der Waals surface area (Å²) in [6.45, 7) is 7.82. The smallest absolute Gasteiger partial charge is 0.246 e. The lowest BCUT2D eigenvalue weighted by Gasteiger charge is -2.42. The van der Waals surface area contributed by atoms with Crippen LogP contribution >= 0.6 is 0 Å². The molecule has 1 amide bonds. The summed E-state index contributed by atoms with van der Waals surface area (Å²) in [5, 5.41) is 11.7. The molecule has 1 aliphatic carbocycles. The molecule has 11 nitrogen and oxygen atoms in total. The zero-order chi connectivity index (χ0) is 28.8. The molecular formula is C31H31N9O2. The van der Waals surface area contributed by atoms with E-state index in [2.05, 4.69) is 37.1 Å². The zero-order valence-corrected chi connectivity index (χ0v) is 23.6. The lowest BCUT2D eigenvalue weighted by Crippen LogP contribution is -2.56. The number of nitrogens with one attached hydrogen (secondary N) is 1. The number of anilines is 3. The normalized spacial score (nSPS) is 17.0. The molecule has 5 aromatic rings. The molecule has 212 valence electrons. The number of nitrogens with zero attached hydrogens (tertiary/aromatic N) is 8. The van der Waals surface area contributed by atoms with Crippen molar-refractivity contribution >= 4 is 45.3 Å². The molecule has 4 heterocycles. The van der Waals surface area contributed by atoms with Crippen LogP contribution in [0.4, 0.5) is 17.3 Å². The number of aryl methyl sites for hydroxylation is 2. The Balaban J connectivity index is 1.11. The molecule has 0 bridgehead atoms. The van der Waals surface area contributed by atoms with Crippen molar-refractivity contribution < 1.29 is 9.53 Å². The second-order valence-electron chi connectivity index (χ2n) is 10.9. The average Bonchev–Trinajstić information content (AvgIpc) is 3.80. The van der Waals surface area contributed by atoms with Crippen molar-refractivity contribution in [1.29, 1.82) is 0 Å². The standard InChI is InChI=1S/C31H31N9O2/c1-4-29(41)40-14-13-39(17-26(40)20-5-6-20)28-12-9-23-30(35-28)31(33-18-32-23)34-21-7-11-27(19(2)15-21)42-22-8-10-25-24(16-22)36-37-38(25)3/h4,7-12,15-16,18,20,26H,1,5-6,13-14,17H2,2-3H3,(H,32,33,34)/t26-/m1/s1. The molecule has 11 heteroatoms. The highest BCUT2D eigenvalue weighted by molar-refractivity contribution is 5.89. The molecule has 3 aromatic heterocycles. The van der Waals surface area contributed by atoms with Crippen molar-refractivity contribution in [2.75, 3.05) is 29.9 Å². The Kier molecular flexibility index (Phi) is 6.41. The van der Waals surface area contributed by atoms with E-state index in [-0.39, 0.29) is 11.9 Å². The second kappa shape index (κ2) is 10.4. The molecule has 1 N–H and O–H groups in total. The van der Waals surface area contributed by atoms with Gasteiger partial charge in [-0.15, -0.1) is 5.10 Å². The molecule has 42 heavy (non-hydrogen) atoms. The summed E-state index contributed by atoms with van der Waals surface area (Å²) in [7, 11) is 1.86. The van der Waals surface area contributed by atoms with Crippen molar-refractivity contribution in [2.45, 2.75) is 25.8 Å². The molecule has 0 unspecified atom stereocenters. The van der Waals surface area contributed by atoms with E-state index in [1.54, 1.807) is 11.0 Å². The van der Waals surface area contributed by atoms with E-state index >= 15 is 0 Å². The number of benzene rings is 2. The van der Waals surface area contributed by atoms with Crippen LogP contribution in [0.2, 0.25) is 0 Å². The SMILES string of the molecule is C=CC(=O)N1CCN(c2ccc3ncnc(Nc4ccc(Oc5ccc6c(c5)nnn6C)c(C)c4)c3n2)C[C@@H]1C1CC1. The molecule has 0 radical (unpaired) electrons. The summed E-state index contributed by atoms with van der Waals surface area (Å²) < 4.78 is 7.90. The first kappa shape index (κ1) is 25.9. The number of carbonyl (C=O) groups excluding carboxylic acids is 1. The largest absolute Gasteiger partial charge is 0.457 e. The molecule has 1 aliphatic heterocycles. The lowest BCUT2D eigenvalue weighted by molar-refractivity contribution is -0.129. The Hall–Kier alpha value is -5.06. The van der Waals surface area contributed by atoms with Gasteiger partial charge in [-0.2, -0.15) is 0 Å². The predicted octanol–water partition coefficient (Wildman–Crippen LogP) is 4.76. The Morgan fingerprint density at radius 1 is 1.07 bits per heavy atom. The molecule has 1 saturated heterocycles. The van der Waals surface area contributed by atoms with E-state index in [0.29, 0.717) is 36.1 Å². The van der Waals surface area contributed by atoms with Crippen LogP contribution in [-0.2, 0) is 11.8 Å². The molecule has 1 saturated carbocycles. The van der Waals surface area contributed by atoms with E-state index < -0.39 is 0 Å². The summed E-state index contributed by atoms with van der Waals surface area (Å²) in [5.74, 6) is 3.48. The maximum Gasteiger partial charge on any atom is 0.246 e. The first-order valence-electron chi connectivity index (χ1n) is 14.1. The molecule has 2 aromatic carbocycles. The molecular weight excluding hydrogens is 530 g/mol. The second-order valence-corrected chi connectivity index (χ2v) is 10.9. The van der Waals surface area contributed by atoms with Gasteiger partial charge in [0.25, 0.3) is 0 Å². The van der Waals surface area contributed by atoms with E-state index in [1.807, 2.05) is 67.4 Å². The minimum absolute atomic E-state index is 0.0104. The lowest BCUT2D eigenvalue weighted by atomic mass is 10.1. The number of hydrogen-bond donors (Lipinski definition) is 1. The van der Waals surface area contributed by atoms with Gasteiger partial charge in [0.1, 0.15) is 34.7 Å². The number of aromatic nitrogens is 6. The van der Waals surface area contributed by atoms with Crippen LogP contribution in [0, 0.1) is 12.8 Å². The van der Waals surface area contributed by atoms with E-state index in [0.717, 1.165) is 58.8 Å². The summed E-state index contributed by atoms with van der Waals surface area (Å²) in [6.07, 6.45) is 5.29. The Morgan fingerprint density at radius 2 is 1.95 bits per heavy atom. The molecule has 1 atom stereocenters. The van der Waals surface area contributed by atoms with Gasteiger partial charge in [0, 0.05) is 38.4 Å². The first-order valence-corrected chi connectivity index (χ1v) is 14.1.